The van der Waals surface area contributed by atoms with E-state index in [1.54, 1.807) is 12.1 Å². The first kappa shape index (κ1) is 21.7. The second-order valence-corrected chi connectivity index (χ2v) is 8.74. The Bertz CT molecular complexity index is 711. The van der Waals surface area contributed by atoms with Crippen LogP contribution in [-0.4, -0.2) is 78.4 Å². The van der Waals surface area contributed by atoms with Crippen LogP contribution in [0.3, 0.4) is 0 Å². The molecule has 1 aromatic rings. The Morgan fingerprint density at radius 3 is 2.41 bits per heavy atom. The molecule has 0 unspecified atom stereocenters. The van der Waals surface area contributed by atoms with Gasteiger partial charge in [-0.3, -0.25) is 19.4 Å². The van der Waals surface area contributed by atoms with E-state index in [0.29, 0.717) is 17.5 Å². The fourth-order valence-electron chi connectivity index (χ4n) is 4.54. The molecule has 0 radical (unpaired) electrons. The number of piperazine rings is 1. The first-order valence-electron chi connectivity index (χ1n) is 10.6. The van der Waals surface area contributed by atoms with Crippen molar-refractivity contribution in [3.63, 3.8) is 0 Å². The standard InChI is InChI=1S/C22H33FN4O2/c1-16-11-17(2)14-27(13-16)22(29)18(3)26-9-7-25(8-10-26)15-21(28)24-20-6-4-5-19(23)12-20/h4-6,12,16-18H,7-11,13-15H2,1-3H3,(H,24,28)/t16-,17-,18+/m0/s1. The van der Waals surface area contributed by atoms with Crippen molar-refractivity contribution in [1.29, 1.82) is 0 Å². The molecular formula is C22H33FN4O2. The van der Waals surface area contributed by atoms with Crippen molar-refractivity contribution in [1.82, 2.24) is 14.7 Å². The fourth-order valence-corrected chi connectivity index (χ4v) is 4.54. The molecule has 0 aromatic heterocycles. The molecule has 2 amide bonds. The van der Waals surface area contributed by atoms with Crippen molar-refractivity contribution in [3.05, 3.63) is 30.1 Å². The Kier molecular flexibility index (Phi) is 7.24. The summed E-state index contributed by atoms with van der Waals surface area (Å²) in [5.74, 6) is 0.824. The monoisotopic (exact) mass is 404 g/mol. The van der Waals surface area contributed by atoms with Gasteiger partial charge in [0.15, 0.2) is 0 Å². The fraction of sp³-hybridized carbons (Fsp3) is 0.636. The largest absolute Gasteiger partial charge is 0.341 e. The molecule has 6 nitrogen and oxygen atoms in total. The molecule has 0 spiro atoms. The molecule has 2 heterocycles. The van der Waals surface area contributed by atoms with Crippen molar-refractivity contribution in [2.75, 3.05) is 51.1 Å². The van der Waals surface area contributed by atoms with E-state index in [1.165, 1.54) is 18.6 Å². The quantitative estimate of drug-likeness (QED) is 0.818. The van der Waals surface area contributed by atoms with Crippen molar-refractivity contribution in [3.8, 4) is 0 Å². The van der Waals surface area contributed by atoms with Crippen LogP contribution in [0.2, 0.25) is 0 Å². The number of anilines is 1. The lowest BCUT2D eigenvalue weighted by atomic mass is 9.91. The van der Waals surface area contributed by atoms with Crippen molar-refractivity contribution in [2.45, 2.75) is 33.2 Å². The van der Waals surface area contributed by atoms with E-state index in [2.05, 4.69) is 29.0 Å². The third-order valence-corrected chi connectivity index (χ3v) is 5.97. The molecule has 2 aliphatic heterocycles. The van der Waals surface area contributed by atoms with Crippen molar-refractivity contribution < 1.29 is 14.0 Å². The number of carbonyl (C=O) groups excluding carboxylic acids is 2. The number of hydrogen-bond acceptors (Lipinski definition) is 4. The SMILES string of the molecule is C[C@H]1C[C@H](C)CN(C(=O)[C@@H](C)N2CCN(CC(=O)Nc3cccc(F)c3)CC2)C1. The third kappa shape index (κ3) is 6.00. The second kappa shape index (κ2) is 9.67. The third-order valence-electron chi connectivity index (χ3n) is 5.97. The lowest BCUT2D eigenvalue weighted by Gasteiger charge is -2.41. The number of nitrogens with zero attached hydrogens (tertiary/aromatic N) is 3. The first-order chi connectivity index (χ1) is 13.8. The molecule has 1 aromatic carbocycles. The Morgan fingerprint density at radius 2 is 1.79 bits per heavy atom. The van der Waals surface area contributed by atoms with Gasteiger partial charge in [-0.1, -0.05) is 19.9 Å². The second-order valence-electron chi connectivity index (χ2n) is 8.74. The smallest absolute Gasteiger partial charge is 0.239 e. The number of benzene rings is 1. The maximum atomic E-state index is 13.2. The number of rotatable bonds is 5. The van der Waals surface area contributed by atoms with E-state index in [-0.39, 0.29) is 30.2 Å². The van der Waals surface area contributed by atoms with Crippen LogP contribution in [0, 0.1) is 17.7 Å². The maximum Gasteiger partial charge on any atom is 0.239 e. The normalized spacial score (nSPS) is 24.9. The molecule has 3 atom stereocenters. The highest BCUT2D eigenvalue weighted by Crippen LogP contribution is 2.22. The summed E-state index contributed by atoms with van der Waals surface area (Å²) >= 11 is 0. The van der Waals surface area contributed by atoms with Gasteiger partial charge in [0.1, 0.15) is 5.82 Å². The lowest BCUT2D eigenvalue weighted by molar-refractivity contribution is -0.140. The summed E-state index contributed by atoms with van der Waals surface area (Å²) < 4.78 is 13.2. The van der Waals surface area contributed by atoms with Crippen LogP contribution in [0.25, 0.3) is 0 Å². The van der Waals surface area contributed by atoms with E-state index in [0.717, 1.165) is 39.3 Å². The highest BCUT2D eigenvalue weighted by molar-refractivity contribution is 5.92. The number of nitrogens with one attached hydrogen (secondary N) is 1. The van der Waals surface area contributed by atoms with Gasteiger partial charge in [0.25, 0.3) is 0 Å². The molecule has 0 aliphatic carbocycles. The molecule has 2 fully saturated rings. The topological polar surface area (TPSA) is 55.9 Å². The van der Waals surface area contributed by atoms with Gasteiger partial charge in [-0.2, -0.15) is 0 Å². The summed E-state index contributed by atoms with van der Waals surface area (Å²) in [6.07, 6.45) is 1.19. The predicted octanol–water partition coefficient (Wildman–Crippen LogP) is 2.27. The zero-order valence-corrected chi connectivity index (χ0v) is 17.7. The first-order valence-corrected chi connectivity index (χ1v) is 10.6. The van der Waals surface area contributed by atoms with Crippen LogP contribution >= 0.6 is 0 Å². The maximum absolute atomic E-state index is 13.2. The summed E-state index contributed by atoms with van der Waals surface area (Å²) in [5.41, 5.74) is 0.470. The van der Waals surface area contributed by atoms with Gasteiger partial charge in [0.05, 0.1) is 12.6 Å². The molecule has 7 heteroatoms. The Hall–Kier alpha value is -1.99. The number of halogens is 1. The minimum absolute atomic E-state index is 0.129. The predicted molar refractivity (Wildman–Crippen MR) is 112 cm³/mol. The van der Waals surface area contributed by atoms with Gasteiger partial charge in [-0.25, -0.2) is 4.39 Å². The summed E-state index contributed by atoms with van der Waals surface area (Å²) in [6, 6.07) is 5.78. The molecule has 160 valence electrons. The van der Waals surface area contributed by atoms with Gasteiger partial charge in [0, 0.05) is 45.0 Å². The minimum Gasteiger partial charge on any atom is -0.341 e. The van der Waals surface area contributed by atoms with E-state index in [9.17, 15) is 14.0 Å². The molecule has 0 bridgehead atoms. The summed E-state index contributed by atoms with van der Waals surface area (Å²) in [5, 5.41) is 2.74. The van der Waals surface area contributed by atoms with Gasteiger partial charge in [0.2, 0.25) is 11.8 Å². The molecular weight excluding hydrogens is 371 g/mol. The number of carbonyl (C=O) groups is 2. The van der Waals surface area contributed by atoms with E-state index < -0.39 is 0 Å². The zero-order valence-electron chi connectivity index (χ0n) is 17.7. The zero-order chi connectivity index (χ0) is 21.0. The van der Waals surface area contributed by atoms with Gasteiger partial charge in [-0.05, 0) is 43.4 Å². The summed E-state index contributed by atoms with van der Waals surface area (Å²) in [4.78, 5) is 31.5. The average Bonchev–Trinajstić information content (AvgIpc) is 2.66. The Morgan fingerprint density at radius 1 is 1.14 bits per heavy atom. The summed E-state index contributed by atoms with van der Waals surface area (Å²) in [6.45, 7) is 11.4. The van der Waals surface area contributed by atoms with Gasteiger partial charge >= 0.3 is 0 Å². The molecule has 3 rings (SSSR count). The molecule has 1 N–H and O–H groups in total. The van der Waals surface area contributed by atoms with Crippen LogP contribution in [0.15, 0.2) is 24.3 Å². The number of hydrogen-bond donors (Lipinski definition) is 1. The Balaban J connectivity index is 1.44. The van der Waals surface area contributed by atoms with E-state index in [1.807, 2.05) is 11.8 Å². The number of amides is 2. The molecule has 2 saturated heterocycles. The average molecular weight is 405 g/mol. The molecule has 29 heavy (non-hydrogen) atoms. The lowest BCUT2D eigenvalue weighted by Crippen LogP contribution is -2.56. The molecule has 2 aliphatic rings. The van der Waals surface area contributed by atoms with Crippen LogP contribution in [-0.2, 0) is 9.59 Å². The van der Waals surface area contributed by atoms with Crippen LogP contribution in [0.1, 0.15) is 27.2 Å². The van der Waals surface area contributed by atoms with Crippen LogP contribution in [0.4, 0.5) is 10.1 Å². The number of likely N-dealkylation sites (tertiary alicyclic amines) is 1. The highest BCUT2D eigenvalue weighted by atomic mass is 19.1. The molecule has 0 saturated carbocycles. The van der Waals surface area contributed by atoms with E-state index in [4.69, 9.17) is 0 Å². The van der Waals surface area contributed by atoms with E-state index >= 15 is 0 Å². The van der Waals surface area contributed by atoms with Crippen molar-refractivity contribution in [2.24, 2.45) is 11.8 Å². The minimum atomic E-state index is -0.368. The van der Waals surface area contributed by atoms with Gasteiger partial charge in [-0.15, -0.1) is 0 Å². The van der Waals surface area contributed by atoms with Crippen LogP contribution in [0.5, 0.6) is 0 Å². The van der Waals surface area contributed by atoms with Crippen molar-refractivity contribution >= 4 is 17.5 Å². The van der Waals surface area contributed by atoms with Gasteiger partial charge < -0.3 is 10.2 Å². The summed E-state index contributed by atoms with van der Waals surface area (Å²) in [7, 11) is 0. The highest BCUT2D eigenvalue weighted by Gasteiger charge is 2.32. The Labute approximate surface area is 173 Å². The number of piperidine rings is 1. The van der Waals surface area contributed by atoms with Crippen LogP contribution < -0.4 is 5.32 Å².